The van der Waals surface area contributed by atoms with Crippen LogP contribution < -0.4 is 10.6 Å². The van der Waals surface area contributed by atoms with Crippen molar-refractivity contribution in [3.63, 3.8) is 0 Å². The Balaban J connectivity index is 2.18. The highest BCUT2D eigenvalue weighted by Gasteiger charge is 2.20. The van der Waals surface area contributed by atoms with Gasteiger partial charge >= 0.3 is 0 Å². The van der Waals surface area contributed by atoms with Crippen LogP contribution in [0.5, 0.6) is 0 Å². The molecule has 0 saturated heterocycles. The van der Waals surface area contributed by atoms with E-state index in [0.29, 0.717) is 0 Å². The Labute approximate surface area is 143 Å². The fourth-order valence-electron chi connectivity index (χ4n) is 2.60. The molecule has 1 amide bonds. The number of thiophene rings is 1. The number of amides is 1. The normalized spacial score (nSPS) is 13.5. The molecule has 0 fully saturated rings. The second-order valence-electron chi connectivity index (χ2n) is 5.80. The summed E-state index contributed by atoms with van der Waals surface area (Å²) in [4.78, 5) is 13.1. The van der Waals surface area contributed by atoms with E-state index >= 15 is 0 Å². The van der Waals surface area contributed by atoms with Gasteiger partial charge in [-0.3, -0.25) is 10.1 Å². The maximum atomic E-state index is 11.9. The third-order valence-electron chi connectivity index (χ3n) is 4.02. The highest BCUT2D eigenvalue weighted by Crippen LogP contribution is 2.27. The number of hydrogen-bond acceptors (Lipinski definition) is 3. The molecule has 2 aromatic rings. The van der Waals surface area contributed by atoms with E-state index in [1.807, 2.05) is 6.92 Å². The van der Waals surface area contributed by atoms with Gasteiger partial charge < -0.3 is 5.32 Å². The van der Waals surface area contributed by atoms with Gasteiger partial charge in [0.15, 0.2) is 0 Å². The summed E-state index contributed by atoms with van der Waals surface area (Å²) in [5, 5.41) is 8.22. The SMILES string of the molecule is CCCCc1ccc([C@@H](N[C@H](C)C(=O)NC)c2cccs2)cc1. The van der Waals surface area contributed by atoms with Crippen molar-refractivity contribution in [1.82, 2.24) is 10.6 Å². The Hall–Kier alpha value is -1.65. The minimum absolute atomic E-state index is 0.00567. The predicted octanol–water partition coefficient (Wildman–Crippen LogP) is 3.90. The molecular weight excluding hydrogens is 304 g/mol. The summed E-state index contributed by atoms with van der Waals surface area (Å²) in [5.41, 5.74) is 2.57. The molecule has 2 rings (SSSR count). The molecule has 23 heavy (non-hydrogen) atoms. The number of carbonyl (C=O) groups is 1. The lowest BCUT2D eigenvalue weighted by Crippen LogP contribution is -2.42. The summed E-state index contributed by atoms with van der Waals surface area (Å²) in [5.74, 6) is 0.00567. The highest BCUT2D eigenvalue weighted by molar-refractivity contribution is 7.10. The molecule has 0 aliphatic carbocycles. The number of likely N-dealkylation sites (N-methyl/N-ethyl adjacent to an activating group) is 1. The zero-order valence-electron chi connectivity index (χ0n) is 14.1. The van der Waals surface area contributed by atoms with Crippen molar-refractivity contribution in [2.24, 2.45) is 0 Å². The fraction of sp³-hybridized carbons (Fsp3) is 0.421. The summed E-state index contributed by atoms with van der Waals surface area (Å²) >= 11 is 1.71. The van der Waals surface area contributed by atoms with E-state index < -0.39 is 0 Å². The number of unbranched alkanes of at least 4 members (excludes halogenated alkanes) is 1. The van der Waals surface area contributed by atoms with Crippen LogP contribution in [0.1, 0.15) is 48.7 Å². The van der Waals surface area contributed by atoms with Gasteiger partial charge in [-0.05, 0) is 42.3 Å². The van der Waals surface area contributed by atoms with Crippen LogP contribution >= 0.6 is 11.3 Å². The summed E-state index contributed by atoms with van der Waals surface area (Å²) < 4.78 is 0. The van der Waals surface area contributed by atoms with Crippen molar-refractivity contribution in [3.05, 3.63) is 57.8 Å². The zero-order valence-corrected chi connectivity index (χ0v) is 15.0. The van der Waals surface area contributed by atoms with E-state index in [2.05, 4.69) is 59.3 Å². The smallest absolute Gasteiger partial charge is 0.236 e. The Morgan fingerprint density at radius 1 is 1.22 bits per heavy atom. The number of hydrogen-bond donors (Lipinski definition) is 2. The molecule has 124 valence electrons. The van der Waals surface area contributed by atoms with Crippen molar-refractivity contribution in [3.8, 4) is 0 Å². The summed E-state index contributed by atoms with van der Waals surface area (Å²) in [7, 11) is 1.67. The molecule has 1 aromatic heterocycles. The average molecular weight is 330 g/mol. The molecule has 2 atom stereocenters. The molecule has 0 unspecified atom stereocenters. The van der Waals surface area contributed by atoms with Gasteiger partial charge in [0.2, 0.25) is 5.91 Å². The van der Waals surface area contributed by atoms with Crippen LogP contribution in [-0.2, 0) is 11.2 Å². The summed E-state index contributed by atoms with van der Waals surface area (Å²) in [6.45, 7) is 4.11. The van der Waals surface area contributed by atoms with Crippen LogP contribution in [0, 0.1) is 0 Å². The Bertz CT molecular complexity index is 592. The van der Waals surface area contributed by atoms with E-state index in [1.54, 1.807) is 18.4 Å². The van der Waals surface area contributed by atoms with E-state index in [1.165, 1.54) is 28.8 Å². The largest absolute Gasteiger partial charge is 0.358 e. The van der Waals surface area contributed by atoms with Crippen LogP contribution in [0.2, 0.25) is 0 Å². The van der Waals surface area contributed by atoms with Crippen LogP contribution in [0.3, 0.4) is 0 Å². The topological polar surface area (TPSA) is 41.1 Å². The average Bonchev–Trinajstić information content (AvgIpc) is 3.11. The van der Waals surface area contributed by atoms with Crippen LogP contribution in [0.15, 0.2) is 41.8 Å². The number of nitrogens with one attached hydrogen (secondary N) is 2. The van der Waals surface area contributed by atoms with Crippen molar-refractivity contribution in [2.45, 2.75) is 45.2 Å². The van der Waals surface area contributed by atoms with E-state index in [4.69, 9.17) is 0 Å². The van der Waals surface area contributed by atoms with Gasteiger partial charge in [-0.2, -0.15) is 0 Å². The minimum atomic E-state index is -0.244. The first-order chi connectivity index (χ1) is 11.2. The van der Waals surface area contributed by atoms with E-state index in [9.17, 15) is 4.79 Å². The quantitative estimate of drug-likeness (QED) is 0.770. The molecule has 0 saturated carbocycles. The lowest BCUT2D eigenvalue weighted by Gasteiger charge is -2.22. The Kier molecular flexibility index (Phi) is 6.81. The summed E-state index contributed by atoms with van der Waals surface area (Å²) in [6, 6.07) is 12.7. The maximum absolute atomic E-state index is 11.9. The van der Waals surface area contributed by atoms with Gasteiger partial charge in [-0.15, -0.1) is 11.3 Å². The maximum Gasteiger partial charge on any atom is 0.236 e. The first kappa shape index (κ1) is 17.7. The molecule has 4 heteroatoms. The van der Waals surface area contributed by atoms with Gasteiger partial charge in [0.05, 0.1) is 12.1 Å². The van der Waals surface area contributed by atoms with Crippen LogP contribution in [0.25, 0.3) is 0 Å². The molecule has 1 aromatic carbocycles. The zero-order chi connectivity index (χ0) is 16.7. The standard InChI is InChI=1S/C19H26N2OS/c1-4-5-7-15-9-11-16(12-10-15)18(17-8-6-13-23-17)21-14(2)19(22)20-3/h6,8-14,18,21H,4-5,7H2,1-3H3,(H,20,22)/t14-,18-/m1/s1. The lowest BCUT2D eigenvalue weighted by molar-refractivity contribution is -0.122. The number of rotatable bonds is 8. The number of benzene rings is 1. The van der Waals surface area contributed by atoms with Crippen molar-refractivity contribution in [1.29, 1.82) is 0 Å². The summed E-state index contributed by atoms with van der Waals surface area (Å²) in [6.07, 6.45) is 3.56. The molecule has 2 N–H and O–H groups in total. The number of aryl methyl sites for hydroxylation is 1. The van der Waals surface area contributed by atoms with Crippen molar-refractivity contribution < 1.29 is 4.79 Å². The Morgan fingerprint density at radius 2 is 1.96 bits per heavy atom. The second-order valence-corrected chi connectivity index (χ2v) is 6.78. The van der Waals surface area contributed by atoms with Crippen LogP contribution in [-0.4, -0.2) is 19.0 Å². The fourth-order valence-corrected chi connectivity index (χ4v) is 3.41. The molecule has 1 heterocycles. The Morgan fingerprint density at radius 3 is 2.52 bits per heavy atom. The third-order valence-corrected chi connectivity index (χ3v) is 4.95. The molecule has 0 aliphatic rings. The second kappa shape index (κ2) is 8.85. The van der Waals surface area contributed by atoms with Gasteiger partial charge in [-0.1, -0.05) is 43.7 Å². The minimum Gasteiger partial charge on any atom is -0.358 e. The monoisotopic (exact) mass is 330 g/mol. The first-order valence-electron chi connectivity index (χ1n) is 8.25. The molecule has 0 aliphatic heterocycles. The highest BCUT2D eigenvalue weighted by atomic mass is 32.1. The molecule has 3 nitrogen and oxygen atoms in total. The van der Waals surface area contributed by atoms with E-state index in [-0.39, 0.29) is 18.0 Å². The van der Waals surface area contributed by atoms with Gasteiger partial charge in [0.25, 0.3) is 0 Å². The van der Waals surface area contributed by atoms with E-state index in [0.717, 1.165) is 6.42 Å². The lowest BCUT2D eigenvalue weighted by atomic mass is 10.0. The van der Waals surface area contributed by atoms with Gasteiger partial charge in [0, 0.05) is 11.9 Å². The van der Waals surface area contributed by atoms with Gasteiger partial charge in [0.1, 0.15) is 0 Å². The predicted molar refractivity (Wildman–Crippen MR) is 97.9 cm³/mol. The van der Waals surface area contributed by atoms with Crippen LogP contribution in [0.4, 0.5) is 0 Å². The molecule has 0 spiro atoms. The molecule has 0 radical (unpaired) electrons. The van der Waals surface area contributed by atoms with Gasteiger partial charge in [-0.25, -0.2) is 0 Å². The molecular formula is C19H26N2OS. The van der Waals surface area contributed by atoms with Crippen molar-refractivity contribution >= 4 is 17.2 Å². The molecule has 0 bridgehead atoms. The number of carbonyl (C=O) groups excluding carboxylic acids is 1. The third kappa shape index (κ3) is 4.91. The first-order valence-corrected chi connectivity index (χ1v) is 9.13. The van der Waals surface area contributed by atoms with Crippen molar-refractivity contribution in [2.75, 3.05) is 7.05 Å².